The number of carbonyl (C=O) groups excluding carboxylic acids is 7. The van der Waals surface area contributed by atoms with Crippen LogP contribution in [0.3, 0.4) is 0 Å². The average molecular weight is 915 g/mol. The van der Waals surface area contributed by atoms with E-state index >= 15 is 0 Å². The highest BCUT2D eigenvalue weighted by molar-refractivity contribution is 5.97. The standard InChI is InChI=1S/C44H74N12O9/c1-25(2)22-33(39(60)50-27(5)36(57)53-32(43(64)65)17-12-20-49-44(47)48)54-37(58)28(6)51-40(61)34(23-26(3)4)55-41(62)35-18-13-21-56(35)42(63)31(16-10-11-19-45)52-38(59)30(46)24-29-14-8-7-9-15-29/h7-9,14-15,25-28,30-35H,10-13,16-24,45-46H2,1-6H3,(H,50,60)(H,51,61)(H,52,59)(H,53,57)(H,54,58)(H,55,62)(H,64,65)(H4,47,48,49)/t27-,28+,30+,31+,32+,33+,34+,35+/m1/s1. The summed E-state index contributed by atoms with van der Waals surface area (Å²) >= 11 is 0. The number of guanidine groups is 1. The quantitative estimate of drug-likeness (QED) is 0.0269. The third kappa shape index (κ3) is 19.8. The number of unbranched alkanes of at least 4 members (excludes halogenated alkanes) is 1. The Morgan fingerprint density at radius 3 is 1.74 bits per heavy atom. The minimum atomic E-state index is -1.28. The second-order valence-corrected chi connectivity index (χ2v) is 17.5. The van der Waals surface area contributed by atoms with Crippen LogP contribution in [-0.4, -0.2) is 131 Å². The molecule has 2 rings (SSSR count). The van der Waals surface area contributed by atoms with Crippen molar-refractivity contribution in [1.82, 2.24) is 36.8 Å². The number of amides is 7. The first kappa shape index (κ1) is 55.3. The van der Waals surface area contributed by atoms with E-state index in [2.05, 4.69) is 36.9 Å². The number of carboxylic acid groups (broad SMARTS) is 1. The molecule has 8 atom stereocenters. The van der Waals surface area contributed by atoms with Crippen molar-refractivity contribution in [3.05, 3.63) is 35.9 Å². The minimum absolute atomic E-state index is 0.0258. The van der Waals surface area contributed by atoms with Gasteiger partial charge in [-0.1, -0.05) is 58.0 Å². The van der Waals surface area contributed by atoms with Crippen LogP contribution in [0.15, 0.2) is 35.3 Å². The Morgan fingerprint density at radius 2 is 1.22 bits per heavy atom. The minimum Gasteiger partial charge on any atom is -0.480 e. The number of aliphatic imine (C=N–C) groups is 1. The van der Waals surface area contributed by atoms with E-state index in [1.54, 1.807) is 0 Å². The number of hydrogen-bond donors (Lipinski definition) is 11. The molecule has 0 saturated carbocycles. The van der Waals surface area contributed by atoms with Gasteiger partial charge in [-0.05, 0) is 102 Å². The number of likely N-dealkylation sites (tertiary alicyclic amines) is 1. The highest BCUT2D eigenvalue weighted by Crippen LogP contribution is 2.21. The van der Waals surface area contributed by atoms with Gasteiger partial charge in [-0.25, -0.2) is 4.79 Å². The Bertz CT molecular complexity index is 1780. The maximum absolute atomic E-state index is 14.1. The molecule has 1 saturated heterocycles. The fourth-order valence-corrected chi connectivity index (χ4v) is 7.28. The van der Waals surface area contributed by atoms with Crippen LogP contribution in [0.25, 0.3) is 0 Å². The molecule has 0 unspecified atom stereocenters. The van der Waals surface area contributed by atoms with E-state index in [9.17, 15) is 43.5 Å². The van der Waals surface area contributed by atoms with Crippen molar-refractivity contribution in [2.45, 2.75) is 154 Å². The predicted octanol–water partition coefficient (Wildman–Crippen LogP) is -1.14. The molecule has 7 amide bonds. The fraction of sp³-hybridized carbons (Fsp3) is 0.659. The van der Waals surface area contributed by atoms with Gasteiger partial charge >= 0.3 is 5.97 Å². The summed E-state index contributed by atoms with van der Waals surface area (Å²) in [6, 6.07) is 0.608. The van der Waals surface area contributed by atoms with Gasteiger partial charge in [0.2, 0.25) is 41.4 Å². The second-order valence-electron chi connectivity index (χ2n) is 17.5. The first-order valence-electron chi connectivity index (χ1n) is 22.5. The third-order valence-electron chi connectivity index (χ3n) is 10.8. The Hall–Kier alpha value is -5.83. The van der Waals surface area contributed by atoms with Crippen LogP contribution in [-0.2, 0) is 44.8 Å². The second kappa shape index (κ2) is 28.2. The number of nitrogens with two attached hydrogens (primary N) is 4. The van der Waals surface area contributed by atoms with Crippen LogP contribution in [0.5, 0.6) is 0 Å². The van der Waals surface area contributed by atoms with E-state index in [0.29, 0.717) is 32.2 Å². The van der Waals surface area contributed by atoms with Gasteiger partial charge in [-0.15, -0.1) is 0 Å². The lowest BCUT2D eigenvalue weighted by Gasteiger charge is -2.31. The molecule has 15 N–H and O–H groups in total. The molecule has 21 heteroatoms. The molecule has 65 heavy (non-hydrogen) atoms. The molecule has 0 aliphatic carbocycles. The van der Waals surface area contributed by atoms with E-state index < -0.39 is 95.7 Å². The van der Waals surface area contributed by atoms with Crippen LogP contribution >= 0.6 is 0 Å². The van der Waals surface area contributed by atoms with Gasteiger partial charge in [0.15, 0.2) is 5.96 Å². The normalized spacial score (nSPS) is 16.8. The van der Waals surface area contributed by atoms with Crippen molar-refractivity contribution in [3.8, 4) is 0 Å². The van der Waals surface area contributed by atoms with E-state index in [-0.39, 0.29) is 69.4 Å². The van der Waals surface area contributed by atoms with Crippen LogP contribution in [0.4, 0.5) is 0 Å². The van der Waals surface area contributed by atoms with Crippen molar-refractivity contribution in [2.24, 2.45) is 39.8 Å². The predicted molar refractivity (Wildman–Crippen MR) is 245 cm³/mol. The maximum atomic E-state index is 14.1. The van der Waals surface area contributed by atoms with Gasteiger partial charge in [0.05, 0.1) is 6.04 Å². The summed E-state index contributed by atoms with van der Waals surface area (Å²) in [5.41, 5.74) is 23.4. The van der Waals surface area contributed by atoms with Crippen molar-refractivity contribution in [2.75, 3.05) is 19.6 Å². The topological polar surface area (TPSA) is 349 Å². The van der Waals surface area contributed by atoms with E-state index in [1.807, 2.05) is 58.0 Å². The third-order valence-corrected chi connectivity index (χ3v) is 10.8. The zero-order valence-corrected chi connectivity index (χ0v) is 38.8. The molecule has 0 radical (unpaired) electrons. The molecule has 1 aliphatic heterocycles. The summed E-state index contributed by atoms with van der Waals surface area (Å²) in [4.78, 5) is 112. The van der Waals surface area contributed by atoms with Crippen LogP contribution in [0.1, 0.15) is 105 Å². The molecule has 1 heterocycles. The molecular weight excluding hydrogens is 841 g/mol. The lowest BCUT2D eigenvalue weighted by Crippen LogP contribution is -2.59. The number of nitrogens with zero attached hydrogens (tertiary/aromatic N) is 2. The number of aliphatic carboxylic acids is 1. The summed E-state index contributed by atoms with van der Waals surface area (Å²) in [7, 11) is 0. The molecule has 364 valence electrons. The van der Waals surface area contributed by atoms with Gasteiger partial charge in [-0.3, -0.25) is 38.6 Å². The van der Waals surface area contributed by atoms with Gasteiger partial charge in [0, 0.05) is 13.1 Å². The Kier molecular flexibility index (Phi) is 24.0. The van der Waals surface area contributed by atoms with Gasteiger partial charge in [0.25, 0.3) is 0 Å². The van der Waals surface area contributed by atoms with Gasteiger partial charge < -0.3 is 64.8 Å². The van der Waals surface area contributed by atoms with E-state index in [1.165, 1.54) is 18.7 Å². The number of nitrogens with one attached hydrogen (secondary N) is 6. The molecule has 1 aromatic carbocycles. The molecule has 0 spiro atoms. The number of carbonyl (C=O) groups is 8. The van der Waals surface area contributed by atoms with Crippen LogP contribution < -0.4 is 54.8 Å². The smallest absolute Gasteiger partial charge is 0.326 e. The fourth-order valence-electron chi connectivity index (χ4n) is 7.28. The molecule has 1 fully saturated rings. The molecule has 1 aliphatic rings. The average Bonchev–Trinajstić information content (AvgIpc) is 3.73. The number of benzene rings is 1. The van der Waals surface area contributed by atoms with Gasteiger partial charge in [0.1, 0.15) is 42.3 Å². The number of rotatable bonds is 28. The maximum Gasteiger partial charge on any atom is 0.326 e. The molecular formula is C44H74N12O9. The largest absolute Gasteiger partial charge is 0.480 e. The first-order valence-corrected chi connectivity index (χ1v) is 22.5. The van der Waals surface area contributed by atoms with Crippen LogP contribution in [0, 0.1) is 11.8 Å². The lowest BCUT2D eigenvalue weighted by molar-refractivity contribution is -0.142. The van der Waals surface area contributed by atoms with E-state index in [0.717, 1.165) is 5.56 Å². The SMILES string of the molecule is CC(C)C[C@H](NC(=O)[C@H](C)NC(=O)[C@H](CC(C)C)NC(=O)[C@@H]1CCCN1C(=O)[C@H](CCCCN)NC(=O)[C@@H](N)Cc1ccccc1)C(=O)N[C@H](C)C(=O)N[C@@H](CCCN=C(N)N)C(=O)O. The van der Waals surface area contributed by atoms with Crippen molar-refractivity contribution < 1.29 is 43.5 Å². The molecule has 0 aromatic heterocycles. The van der Waals surface area contributed by atoms with Crippen molar-refractivity contribution >= 4 is 53.3 Å². The Morgan fingerprint density at radius 1 is 0.692 bits per heavy atom. The zero-order valence-electron chi connectivity index (χ0n) is 38.8. The Balaban J connectivity index is 2.12. The Labute approximate surface area is 382 Å². The summed E-state index contributed by atoms with van der Waals surface area (Å²) < 4.78 is 0. The summed E-state index contributed by atoms with van der Waals surface area (Å²) in [5.74, 6) is -5.94. The number of carboxylic acids is 1. The summed E-state index contributed by atoms with van der Waals surface area (Å²) in [6.07, 6.45) is 3.20. The van der Waals surface area contributed by atoms with Crippen molar-refractivity contribution in [3.63, 3.8) is 0 Å². The van der Waals surface area contributed by atoms with Crippen molar-refractivity contribution in [1.29, 1.82) is 0 Å². The first-order chi connectivity index (χ1) is 30.6. The lowest BCUT2D eigenvalue weighted by atomic mass is 10.0. The monoisotopic (exact) mass is 915 g/mol. The van der Waals surface area contributed by atoms with E-state index in [4.69, 9.17) is 22.9 Å². The zero-order chi connectivity index (χ0) is 48.8. The highest BCUT2D eigenvalue weighted by Gasteiger charge is 2.39. The highest BCUT2D eigenvalue weighted by atomic mass is 16.4. The molecule has 21 nitrogen and oxygen atoms in total. The van der Waals surface area contributed by atoms with Crippen LogP contribution in [0.2, 0.25) is 0 Å². The van der Waals surface area contributed by atoms with Gasteiger partial charge in [-0.2, -0.15) is 0 Å². The number of hydrogen-bond acceptors (Lipinski definition) is 11. The summed E-state index contributed by atoms with van der Waals surface area (Å²) in [6.45, 7) is 11.0. The summed E-state index contributed by atoms with van der Waals surface area (Å²) in [5, 5.41) is 25.4. The molecule has 1 aromatic rings. The molecule has 0 bridgehead atoms.